The van der Waals surface area contributed by atoms with Gasteiger partial charge in [0.1, 0.15) is 5.76 Å². The summed E-state index contributed by atoms with van der Waals surface area (Å²) < 4.78 is 115. The van der Waals surface area contributed by atoms with Crippen molar-refractivity contribution in [2.75, 3.05) is 0 Å². The zero-order chi connectivity index (χ0) is 15.8. The van der Waals surface area contributed by atoms with Crippen LogP contribution in [0.3, 0.4) is 0 Å². The Morgan fingerprint density at radius 2 is 1.40 bits per heavy atom. The van der Waals surface area contributed by atoms with Crippen molar-refractivity contribution in [1.82, 2.24) is 0 Å². The van der Waals surface area contributed by atoms with E-state index in [0.29, 0.717) is 0 Å². The normalized spacial score (nSPS) is 21.4. The molecule has 0 saturated heterocycles. The summed E-state index contributed by atoms with van der Waals surface area (Å²) >= 11 is 0. The van der Waals surface area contributed by atoms with Gasteiger partial charge in [-0.3, -0.25) is 4.74 Å². The molecule has 0 heterocycles. The van der Waals surface area contributed by atoms with Crippen molar-refractivity contribution in [3.8, 4) is 0 Å². The van der Waals surface area contributed by atoms with Crippen molar-refractivity contribution in [2.45, 2.75) is 25.0 Å². The van der Waals surface area contributed by atoms with Crippen LogP contribution < -0.4 is 0 Å². The second-order valence-electron chi connectivity index (χ2n) is 3.41. The summed E-state index contributed by atoms with van der Waals surface area (Å²) in [4.78, 5) is 0. The topological polar surface area (TPSA) is 18.5 Å². The molecule has 0 aromatic carbocycles. The first kappa shape index (κ1) is 16.7. The van der Waals surface area contributed by atoms with Gasteiger partial charge in [0.25, 0.3) is 0 Å². The number of alkyl halides is 9. The van der Waals surface area contributed by atoms with E-state index in [4.69, 9.17) is 0 Å². The molecule has 1 radical (unpaired) electrons. The summed E-state index contributed by atoms with van der Waals surface area (Å²) in [5.41, 5.74) is -1.74. The molecular weight excluding hydrogens is 311 g/mol. The van der Waals surface area contributed by atoms with Gasteiger partial charge in [-0.25, -0.2) is 0 Å². The quantitative estimate of drug-likeness (QED) is 0.717. The average Bonchev–Trinajstić information content (AvgIpc) is 2.09. The molecule has 0 N–H and O–H groups in total. The molecule has 0 aromatic heterocycles. The van der Waals surface area contributed by atoms with Crippen LogP contribution >= 0.6 is 0 Å². The van der Waals surface area contributed by atoms with Crippen LogP contribution in [0.25, 0.3) is 0 Å². The minimum absolute atomic E-state index is 0.0171. The van der Waals surface area contributed by atoms with Gasteiger partial charge in [-0.05, 0) is 12.2 Å². The van der Waals surface area contributed by atoms with Gasteiger partial charge in [-0.2, -0.15) is 13.2 Å². The molecule has 1 aliphatic carbocycles. The van der Waals surface area contributed by atoms with E-state index in [0.717, 1.165) is 0 Å². The number of hydrogen-bond donors (Lipinski definition) is 0. The molecule has 11 heteroatoms. The molecule has 0 amide bonds. The molecule has 0 spiro atoms. The zero-order valence-corrected chi connectivity index (χ0v) is 9.03. The fraction of sp³-hybridized carbons (Fsp3) is 0.444. The van der Waals surface area contributed by atoms with E-state index >= 15 is 0 Å². The molecule has 0 bridgehead atoms. The highest BCUT2D eigenvalue weighted by molar-refractivity contribution is 5.36. The number of rotatable bonds is 2. The van der Waals surface area contributed by atoms with E-state index in [2.05, 4.69) is 9.47 Å². The van der Waals surface area contributed by atoms with Crippen LogP contribution in [0.15, 0.2) is 23.5 Å². The Bertz CT molecular complexity index is 413. The summed E-state index contributed by atoms with van der Waals surface area (Å²) in [5.74, 6) is -1.44. The Morgan fingerprint density at radius 1 is 0.850 bits per heavy atom. The maximum atomic E-state index is 12.4. The van der Waals surface area contributed by atoms with Crippen molar-refractivity contribution in [2.24, 2.45) is 0 Å². The Labute approximate surface area is 105 Å². The predicted molar refractivity (Wildman–Crippen MR) is 44.6 cm³/mol. The SMILES string of the molecule is FC(F)(F)OC1=CC(C(F)(F)F)=CC(OC(F)(F)F)[CH]1. The lowest BCUT2D eigenvalue weighted by Crippen LogP contribution is -2.29. The minimum Gasteiger partial charge on any atom is -0.410 e. The molecule has 0 aromatic rings. The third-order valence-corrected chi connectivity index (χ3v) is 1.80. The van der Waals surface area contributed by atoms with Crippen LogP contribution in [0.4, 0.5) is 39.5 Å². The fourth-order valence-corrected chi connectivity index (χ4v) is 1.23. The van der Waals surface area contributed by atoms with Gasteiger partial charge in [-0.1, -0.05) is 0 Å². The maximum absolute atomic E-state index is 12.4. The van der Waals surface area contributed by atoms with Crippen LogP contribution in [0.2, 0.25) is 0 Å². The van der Waals surface area contributed by atoms with Crippen molar-refractivity contribution in [1.29, 1.82) is 0 Å². The lowest BCUT2D eigenvalue weighted by Gasteiger charge is -2.24. The lowest BCUT2D eigenvalue weighted by molar-refractivity contribution is -0.334. The average molecular weight is 315 g/mol. The largest absolute Gasteiger partial charge is 0.572 e. The second-order valence-corrected chi connectivity index (χ2v) is 3.41. The molecule has 0 saturated carbocycles. The number of allylic oxidation sites excluding steroid dienone is 2. The third-order valence-electron chi connectivity index (χ3n) is 1.80. The van der Waals surface area contributed by atoms with Crippen LogP contribution in [0, 0.1) is 6.42 Å². The van der Waals surface area contributed by atoms with Gasteiger partial charge in [0, 0.05) is 0 Å². The number of halogens is 9. The maximum Gasteiger partial charge on any atom is 0.572 e. The van der Waals surface area contributed by atoms with Crippen molar-refractivity contribution >= 4 is 0 Å². The van der Waals surface area contributed by atoms with Gasteiger partial charge in [0.05, 0.1) is 18.1 Å². The molecule has 1 atom stereocenters. The predicted octanol–water partition coefficient (Wildman–Crippen LogP) is 4.02. The van der Waals surface area contributed by atoms with E-state index in [-0.39, 0.29) is 18.6 Å². The van der Waals surface area contributed by atoms with Crippen LogP contribution in [-0.4, -0.2) is 25.0 Å². The van der Waals surface area contributed by atoms with Crippen LogP contribution in [-0.2, 0) is 9.47 Å². The van der Waals surface area contributed by atoms with Gasteiger partial charge in [0.2, 0.25) is 0 Å². The van der Waals surface area contributed by atoms with Crippen LogP contribution in [0.1, 0.15) is 0 Å². The molecular formula is C9H4F9O2. The molecule has 1 aliphatic rings. The Hall–Kier alpha value is -1.39. The molecule has 0 aliphatic heterocycles. The summed E-state index contributed by atoms with van der Waals surface area (Å²) in [5, 5.41) is 0. The van der Waals surface area contributed by atoms with E-state index in [1.807, 2.05) is 0 Å². The Kier molecular flexibility index (Phi) is 4.32. The Morgan fingerprint density at radius 3 is 1.80 bits per heavy atom. The van der Waals surface area contributed by atoms with E-state index in [1.165, 1.54) is 0 Å². The third kappa shape index (κ3) is 5.72. The first-order valence-electron chi connectivity index (χ1n) is 4.62. The summed E-state index contributed by atoms with van der Waals surface area (Å²) in [6.45, 7) is 0. The molecule has 2 nitrogen and oxygen atoms in total. The highest BCUT2D eigenvalue weighted by Crippen LogP contribution is 2.36. The molecule has 0 fully saturated rings. The first-order chi connectivity index (χ1) is 8.76. The van der Waals surface area contributed by atoms with Crippen molar-refractivity contribution in [3.63, 3.8) is 0 Å². The summed E-state index contributed by atoms with van der Waals surface area (Å²) in [6.07, 6.45) is -18.2. The van der Waals surface area contributed by atoms with E-state index in [9.17, 15) is 39.5 Å². The number of ether oxygens (including phenoxy) is 2. The fourth-order valence-electron chi connectivity index (χ4n) is 1.23. The van der Waals surface area contributed by atoms with Gasteiger partial charge in [-0.15, -0.1) is 26.3 Å². The smallest absolute Gasteiger partial charge is 0.410 e. The monoisotopic (exact) mass is 315 g/mol. The van der Waals surface area contributed by atoms with Crippen LogP contribution in [0.5, 0.6) is 0 Å². The highest BCUT2D eigenvalue weighted by Gasteiger charge is 2.42. The van der Waals surface area contributed by atoms with Crippen molar-refractivity contribution in [3.05, 3.63) is 29.9 Å². The first-order valence-corrected chi connectivity index (χ1v) is 4.62. The van der Waals surface area contributed by atoms with Gasteiger partial charge < -0.3 is 4.74 Å². The highest BCUT2D eigenvalue weighted by atomic mass is 19.4. The Balaban J connectivity index is 2.99. The summed E-state index contributed by atoms with van der Waals surface area (Å²) in [7, 11) is 0. The standard InChI is InChI=1S/C9H4F9O2/c10-7(11,12)4-1-5(19-8(13,14)15)3-6(2-4)20-9(16,17)18/h1-3,5H. The lowest BCUT2D eigenvalue weighted by atomic mass is 10.0. The molecule has 115 valence electrons. The molecule has 1 unspecified atom stereocenters. The zero-order valence-electron chi connectivity index (χ0n) is 9.03. The van der Waals surface area contributed by atoms with E-state index < -0.39 is 36.3 Å². The van der Waals surface area contributed by atoms with Gasteiger partial charge >= 0.3 is 18.9 Å². The molecule has 1 rings (SSSR count). The second kappa shape index (κ2) is 5.19. The van der Waals surface area contributed by atoms with Crippen molar-refractivity contribution < 1.29 is 49.0 Å². The van der Waals surface area contributed by atoms with E-state index in [1.54, 1.807) is 0 Å². The number of hydrogen-bond acceptors (Lipinski definition) is 2. The minimum atomic E-state index is -5.35. The summed E-state index contributed by atoms with van der Waals surface area (Å²) in [6, 6.07) is 0. The molecule has 20 heavy (non-hydrogen) atoms. The van der Waals surface area contributed by atoms with Gasteiger partial charge in [0.15, 0.2) is 0 Å².